The zero-order chi connectivity index (χ0) is 13.1. The van der Waals surface area contributed by atoms with Crippen LogP contribution in [0.25, 0.3) is 11.1 Å². The van der Waals surface area contributed by atoms with Crippen molar-refractivity contribution in [2.75, 3.05) is 0 Å². The van der Waals surface area contributed by atoms with Crippen LogP contribution in [-0.4, -0.2) is 16.1 Å². The molecule has 4 nitrogen and oxygen atoms in total. The molecule has 0 aliphatic heterocycles. The summed E-state index contributed by atoms with van der Waals surface area (Å²) in [6, 6.07) is 7.61. The van der Waals surface area contributed by atoms with E-state index < -0.39 is 11.9 Å². The number of aromatic nitrogens is 1. The smallest absolute Gasteiger partial charge is 0.335 e. The molecule has 0 spiro atoms. The lowest BCUT2D eigenvalue weighted by Crippen LogP contribution is -2.04. The molecule has 92 valence electrons. The molecule has 0 saturated heterocycles. The van der Waals surface area contributed by atoms with Gasteiger partial charge in [-0.15, -0.1) is 0 Å². The molecule has 0 unspecified atom stereocenters. The SMILES string of the molecule is NCc1cc(C(=O)O)ccc1-c1cccnc1F. The van der Waals surface area contributed by atoms with Gasteiger partial charge in [0, 0.05) is 18.3 Å². The molecule has 3 N–H and O–H groups in total. The third kappa shape index (κ3) is 2.21. The molecule has 2 rings (SSSR count). The van der Waals surface area contributed by atoms with Crippen LogP contribution in [0, 0.1) is 5.95 Å². The van der Waals surface area contributed by atoms with E-state index in [2.05, 4.69) is 4.98 Å². The Morgan fingerprint density at radius 1 is 1.33 bits per heavy atom. The number of aromatic carboxylic acids is 1. The number of rotatable bonds is 3. The zero-order valence-corrected chi connectivity index (χ0v) is 9.43. The Morgan fingerprint density at radius 2 is 2.11 bits per heavy atom. The summed E-state index contributed by atoms with van der Waals surface area (Å²) in [5.74, 6) is -1.64. The van der Waals surface area contributed by atoms with E-state index in [1.54, 1.807) is 18.2 Å². The molecule has 0 bridgehead atoms. The fourth-order valence-corrected chi connectivity index (χ4v) is 1.75. The van der Waals surface area contributed by atoms with E-state index in [0.29, 0.717) is 16.7 Å². The van der Waals surface area contributed by atoms with Crippen LogP contribution < -0.4 is 5.73 Å². The second kappa shape index (κ2) is 4.93. The maximum Gasteiger partial charge on any atom is 0.335 e. The number of carboxylic acid groups (broad SMARTS) is 1. The van der Waals surface area contributed by atoms with Crippen LogP contribution in [0.1, 0.15) is 15.9 Å². The Kier molecular flexibility index (Phi) is 3.34. The number of carboxylic acids is 1. The minimum Gasteiger partial charge on any atom is -0.478 e. The van der Waals surface area contributed by atoms with Crippen LogP contribution >= 0.6 is 0 Å². The van der Waals surface area contributed by atoms with E-state index in [0.717, 1.165) is 0 Å². The second-order valence-corrected chi connectivity index (χ2v) is 3.72. The first-order valence-electron chi connectivity index (χ1n) is 5.30. The van der Waals surface area contributed by atoms with E-state index in [1.165, 1.54) is 18.3 Å². The molecule has 18 heavy (non-hydrogen) atoms. The highest BCUT2D eigenvalue weighted by Crippen LogP contribution is 2.26. The van der Waals surface area contributed by atoms with Gasteiger partial charge in [0.15, 0.2) is 0 Å². The zero-order valence-electron chi connectivity index (χ0n) is 9.43. The molecule has 0 aliphatic rings. The number of hydrogen-bond donors (Lipinski definition) is 2. The van der Waals surface area contributed by atoms with Gasteiger partial charge in [-0.25, -0.2) is 9.78 Å². The van der Waals surface area contributed by atoms with E-state index in [-0.39, 0.29) is 12.1 Å². The molecule has 0 fully saturated rings. The molecule has 0 amide bonds. The van der Waals surface area contributed by atoms with E-state index in [4.69, 9.17) is 10.8 Å². The average Bonchev–Trinajstić information content (AvgIpc) is 2.38. The summed E-state index contributed by atoms with van der Waals surface area (Å²) in [4.78, 5) is 14.4. The van der Waals surface area contributed by atoms with E-state index in [9.17, 15) is 9.18 Å². The van der Waals surface area contributed by atoms with Crippen LogP contribution in [-0.2, 0) is 6.54 Å². The highest BCUT2D eigenvalue weighted by atomic mass is 19.1. The Hall–Kier alpha value is -2.27. The first-order valence-corrected chi connectivity index (χ1v) is 5.30. The van der Waals surface area contributed by atoms with Gasteiger partial charge in [0.1, 0.15) is 0 Å². The van der Waals surface area contributed by atoms with Crippen molar-refractivity contribution in [1.82, 2.24) is 4.98 Å². The maximum atomic E-state index is 13.6. The van der Waals surface area contributed by atoms with Crippen molar-refractivity contribution in [2.45, 2.75) is 6.54 Å². The summed E-state index contributed by atoms with van der Waals surface area (Å²) in [7, 11) is 0. The molecule has 0 saturated carbocycles. The fourth-order valence-electron chi connectivity index (χ4n) is 1.75. The first-order chi connectivity index (χ1) is 8.63. The Bertz CT molecular complexity index is 599. The Morgan fingerprint density at radius 3 is 2.72 bits per heavy atom. The van der Waals surface area contributed by atoms with Crippen molar-refractivity contribution < 1.29 is 14.3 Å². The molecular formula is C13H11FN2O2. The topological polar surface area (TPSA) is 76.2 Å². The predicted molar refractivity (Wildman–Crippen MR) is 64.5 cm³/mol. The normalized spacial score (nSPS) is 10.3. The number of carbonyl (C=O) groups is 1. The summed E-state index contributed by atoms with van der Waals surface area (Å²) in [5, 5.41) is 8.89. The highest BCUT2D eigenvalue weighted by Gasteiger charge is 2.12. The average molecular weight is 246 g/mol. The minimum atomic E-state index is -1.04. The van der Waals surface area contributed by atoms with Gasteiger partial charge >= 0.3 is 5.97 Å². The highest BCUT2D eigenvalue weighted by molar-refractivity contribution is 5.89. The standard InChI is InChI=1S/C13H11FN2O2/c14-12-11(2-1-5-16-12)10-4-3-8(13(17)18)6-9(10)7-15/h1-6H,7,15H2,(H,17,18). The van der Waals surface area contributed by atoms with Crippen LogP contribution in [0.3, 0.4) is 0 Å². The van der Waals surface area contributed by atoms with Crippen molar-refractivity contribution in [3.63, 3.8) is 0 Å². The van der Waals surface area contributed by atoms with E-state index >= 15 is 0 Å². The van der Waals surface area contributed by atoms with Crippen molar-refractivity contribution in [2.24, 2.45) is 5.73 Å². The van der Waals surface area contributed by atoms with Crippen molar-refractivity contribution >= 4 is 5.97 Å². The number of nitrogens with two attached hydrogens (primary N) is 1. The molecule has 1 aromatic carbocycles. The number of nitrogens with zero attached hydrogens (tertiary/aromatic N) is 1. The molecule has 0 radical (unpaired) electrons. The molecule has 1 heterocycles. The molecule has 0 aliphatic carbocycles. The van der Waals surface area contributed by atoms with Crippen LogP contribution in [0.15, 0.2) is 36.5 Å². The van der Waals surface area contributed by atoms with Gasteiger partial charge < -0.3 is 10.8 Å². The van der Waals surface area contributed by atoms with Crippen molar-refractivity contribution in [3.8, 4) is 11.1 Å². The summed E-state index contributed by atoms with van der Waals surface area (Å²) < 4.78 is 13.6. The lowest BCUT2D eigenvalue weighted by molar-refractivity contribution is 0.0697. The third-order valence-electron chi connectivity index (χ3n) is 2.62. The lowest BCUT2D eigenvalue weighted by Gasteiger charge is -2.09. The van der Waals surface area contributed by atoms with Crippen molar-refractivity contribution in [1.29, 1.82) is 0 Å². The fraction of sp³-hybridized carbons (Fsp3) is 0.0769. The monoisotopic (exact) mass is 246 g/mol. The van der Waals surface area contributed by atoms with Crippen LogP contribution in [0.5, 0.6) is 0 Å². The maximum absolute atomic E-state index is 13.6. The number of benzene rings is 1. The van der Waals surface area contributed by atoms with Gasteiger partial charge in [-0.1, -0.05) is 6.07 Å². The Balaban J connectivity index is 2.58. The lowest BCUT2D eigenvalue weighted by atomic mass is 9.98. The molecule has 0 atom stereocenters. The quantitative estimate of drug-likeness (QED) is 0.812. The first kappa shape index (κ1) is 12.2. The van der Waals surface area contributed by atoms with Gasteiger partial charge in [-0.2, -0.15) is 4.39 Å². The van der Waals surface area contributed by atoms with Gasteiger partial charge in [0.25, 0.3) is 0 Å². The van der Waals surface area contributed by atoms with Gasteiger partial charge in [-0.05, 0) is 35.4 Å². The molecular weight excluding hydrogens is 235 g/mol. The molecule has 5 heteroatoms. The van der Waals surface area contributed by atoms with E-state index in [1.807, 2.05) is 0 Å². The summed E-state index contributed by atoms with van der Waals surface area (Å²) in [5.41, 5.74) is 7.15. The number of pyridine rings is 1. The minimum absolute atomic E-state index is 0.128. The van der Waals surface area contributed by atoms with Crippen molar-refractivity contribution in [3.05, 3.63) is 53.6 Å². The van der Waals surface area contributed by atoms with Crippen LogP contribution in [0.4, 0.5) is 4.39 Å². The molecule has 2 aromatic rings. The van der Waals surface area contributed by atoms with Gasteiger partial charge in [0.05, 0.1) is 5.56 Å². The van der Waals surface area contributed by atoms with Gasteiger partial charge in [-0.3, -0.25) is 0 Å². The number of halogens is 1. The predicted octanol–water partition coefficient (Wildman–Crippen LogP) is 2.04. The summed E-state index contributed by atoms with van der Waals surface area (Å²) in [6.45, 7) is 0.130. The second-order valence-electron chi connectivity index (χ2n) is 3.72. The summed E-state index contributed by atoms with van der Waals surface area (Å²) >= 11 is 0. The molecule has 1 aromatic heterocycles. The Labute approximate surface area is 103 Å². The third-order valence-corrected chi connectivity index (χ3v) is 2.62. The summed E-state index contributed by atoms with van der Waals surface area (Å²) in [6.07, 6.45) is 1.35. The van der Waals surface area contributed by atoms with Crippen LogP contribution in [0.2, 0.25) is 0 Å². The number of hydrogen-bond acceptors (Lipinski definition) is 3. The van der Waals surface area contributed by atoms with Gasteiger partial charge in [0.2, 0.25) is 5.95 Å². The largest absolute Gasteiger partial charge is 0.478 e.